The fourth-order valence-corrected chi connectivity index (χ4v) is 4.77. The lowest BCUT2D eigenvalue weighted by atomic mass is 9.98. The molecule has 5 rings (SSSR count). The van der Waals surface area contributed by atoms with Gasteiger partial charge in [-0.25, -0.2) is 14.8 Å². The van der Waals surface area contributed by atoms with Crippen LogP contribution in [0.25, 0.3) is 33.4 Å². The van der Waals surface area contributed by atoms with Crippen LogP contribution in [0.5, 0.6) is 0 Å². The molecule has 6 nitrogen and oxygen atoms in total. The molecule has 6 heteroatoms. The summed E-state index contributed by atoms with van der Waals surface area (Å²) in [6, 6.07) is 19.7. The summed E-state index contributed by atoms with van der Waals surface area (Å²) in [5.74, 6) is 1.13. The van der Waals surface area contributed by atoms with Gasteiger partial charge in [0, 0.05) is 31.8 Å². The normalized spacial score (nSPS) is 11.3. The van der Waals surface area contributed by atoms with Gasteiger partial charge < -0.3 is 14.2 Å². The van der Waals surface area contributed by atoms with Gasteiger partial charge in [-0.15, -0.1) is 0 Å². The molecule has 5 aromatic rings. The average Bonchev–Trinajstić information content (AvgIpc) is 3.39. The smallest absolute Gasteiger partial charge is 0.336 e. The van der Waals surface area contributed by atoms with Gasteiger partial charge in [0.1, 0.15) is 11.6 Å². The summed E-state index contributed by atoms with van der Waals surface area (Å²) in [4.78, 5) is 21.4. The highest BCUT2D eigenvalue weighted by Crippen LogP contribution is 2.30. The molecule has 0 aliphatic heterocycles. The lowest BCUT2D eigenvalue weighted by Gasteiger charge is -2.12. The van der Waals surface area contributed by atoms with Crippen molar-refractivity contribution in [2.45, 2.75) is 40.2 Å². The first-order valence-electron chi connectivity index (χ1n) is 12.3. The molecule has 0 atom stereocenters. The second-order valence-corrected chi connectivity index (χ2v) is 9.36. The standard InChI is InChI=1S/C30H30N4O2/c1-5-8-28-32-29-19(2)15-23(26-18-33(4)20(3)31-26)16-27(29)34(28)17-21-11-13-22(14-12-21)24-9-6-7-10-25(24)30(35)36/h6-7,9-16,18H,5,8,17H2,1-4H3,(H,35,36). The molecule has 182 valence electrons. The number of aromatic carboxylic acids is 1. The van der Waals surface area contributed by atoms with Crippen LogP contribution in [0.15, 0.2) is 66.9 Å². The number of fused-ring (bicyclic) bond motifs is 1. The van der Waals surface area contributed by atoms with Crippen molar-refractivity contribution in [1.82, 2.24) is 19.1 Å². The summed E-state index contributed by atoms with van der Waals surface area (Å²) >= 11 is 0. The molecule has 0 saturated carbocycles. The highest BCUT2D eigenvalue weighted by atomic mass is 16.4. The van der Waals surface area contributed by atoms with Gasteiger partial charge in [-0.1, -0.05) is 49.4 Å². The van der Waals surface area contributed by atoms with E-state index in [1.165, 1.54) is 0 Å². The summed E-state index contributed by atoms with van der Waals surface area (Å²) < 4.78 is 4.35. The molecule has 0 aliphatic rings. The summed E-state index contributed by atoms with van der Waals surface area (Å²) in [6.07, 6.45) is 3.98. The zero-order chi connectivity index (χ0) is 25.4. The largest absolute Gasteiger partial charge is 0.478 e. The van der Waals surface area contributed by atoms with E-state index in [4.69, 9.17) is 9.97 Å². The van der Waals surface area contributed by atoms with E-state index in [9.17, 15) is 9.90 Å². The maximum atomic E-state index is 11.7. The number of aryl methyl sites for hydroxylation is 4. The van der Waals surface area contributed by atoms with Crippen molar-refractivity contribution in [2.75, 3.05) is 0 Å². The third-order valence-corrected chi connectivity index (χ3v) is 6.76. The predicted octanol–water partition coefficient (Wildman–Crippen LogP) is 6.42. The molecule has 0 bridgehead atoms. The molecule has 0 unspecified atom stereocenters. The lowest BCUT2D eigenvalue weighted by molar-refractivity contribution is 0.0697. The average molecular weight is 479 g/mol. The van der Waals surface area contributed by atoms with E-state index in [0.29, 0.717) is 12.1 Å². The van der Waals surface area contributed by atoms with Crippen LogP contribution in [0.2, 0.25) is 0 Å². The number of aromatic nitrogens is 4. The molecule has 1 N–H and O–H groups in total. The molecule has 3 aromatic carbocycles. The molecule has 36 heavy (non-hydrogen) atoms. The summed E-state index contributed by atoms with van der Waals surface area (Å²) in [7, 11) is 2.01. The highest BCUT2D eigenvalue weighted by Gasteiger charge is 2.16. The first kappa shape index (κ1) is 23.5. The Labute approximate surface area is 210 Å². The van der Waals surface area contributed by atoms with Gasteiger partial charge in [-0.2, -0.15) is 0 Å². The molecular weight excluding hydrogens is 448 g/mol. The molecule has 0 aliphatic carbocycles. The lowest BCUT2D eigenvalue weighted by Crippen LogP contribution is -2.05. The Hall–Kier alpha value is -4.19. The van der Waals surface area contributed by atoms with Crippen molar-refractivity contribution in [1.29, 1.82) is 0 Å². The third-order valence-electron chi connectivity index (χ3n) is 6.76. The zero-order valence-electron chi connectivity index (χ0n) is 21.1. The van der Waals surface area contributed by atoms with E-state index in [1.54, 1.807) is 12.1 Å². The number of imidazole rings is 2. The minimum Gasteiger partial charge on any atom is -0.478 e. The van der Waals surface area contributed by atoms with Gasteiger partial charge in [0.15, 0.2) is 0 Å². The number of carboxylic acids is 1. The van der Waals surface area contributed by atoms with Crippen LogP contribution in [0.3, 0.4) is 0 Å². The second kappa shape index (κ2) is 9.46. The highest BCUT2D eigenvalue weighted by molar-refractivity contribution is 5.96. The van der Waals surface area contributed by atoms with Gasteiger partial charge in [0.2, 0.25) is 0 Å². The van der Waals surface area contributed by atoms with Crippen LogP contribution in [0.4, 0.5) is 0 Å². The van der Waals surface area contributed by atoms with E-state index in [1.807, 2.05) is 42.8 Å². The van der Waals surface area contributed by atoms with E-state index in [2.05, 4.69) is 48.9 Å². The number of carbonyl (C=O) groups is 1. The quantitative estimate of drug-likeness (QED) is 0.293. The molecule has 0 saturated heterocycles. The first-order chi connectivity index (χ1) is 17.4. The second-order valence-electron chi connectivity index (χ2n) is 9.36. The van der Waals surface area contributed by atoms with Crippen LogP contribution in [-0.4, -0.2) is 30.2 Å². The van der Waals surface area contributed by atoms with Crippen LogP contribution in [0, 0.1) is 13.8 Å². The van der Waals surface area contributed by atoms with Gasteiger partial charge in [0.05, 0.1) is 22.3 Å². The van der Waals surface area contributed by atoms with Crippen LogP contribution >= 0.6 is 0 Å². The maximum absolute atomic E-state index is 11.7. The fourth-order valence-electron chi connectivity index (χ4n) is 4.77. The van der Waals surface area contributed by atoms with E-state index in [-0.39, 0.29) is 0 Å². The van der Waals surface area contributed by atoms with Gasteiger partial charge in [-0.3, -0.25) is 0 Å². The van der Waals surface area contributed by atoms with Crippen molar-refractivity contribution < 1.29 is 9.90 Å². The number of carboxylic acid groups (broad SMARTS) is 1. The summed E-state index contributed by atoms with van der Waals surface area (Å²) in [5, 5.41) is 9.56. The Bertz CT molecular complexity index is 1560. The Morgan fingerprint density at radius 1 is 0.972 bits per heavy atom. The predicted molar refractivity (Wildman–Crippen MR) is 143 cm³/mol. The van der Waals surface area contributed by atoms with Crippen molar-refractivity contribution in [2.24, 2.45) is 7.05 Å². The zero-order valence-corrected chi connectivity index (χ0v) is 21.1. The minimum absolute atomic E-state index is 0.309. The van der Waals surface area contributed by atoms with E-state index < -0.39 is 5.97 Å². The van der Waals surface area contributed by atoms with Crippen LogP contribution < -0.4 is 0 Å². The molecule has 2 heterocycles. The van der Waals surface area contributed by atoms with Crippen molar-refractivity contribution >= 4 is 17.0 Å². The molecule has 0 radical (unpaired) electrons. The topological polar surface area (TPSA) is 72.9 Å². The molecule has 0 spiro atoms. The number of nitrogens with zero attached hydrogens (tertiary/aromatic N) is 4. The summed E-state index contributed by atoms with van der Waals surface area (Å²) in [5.41, 5.74) is 8.40. The maximum Gasteiger partial charge on any atom is 0.336 e. The third kappa shape index (κ3) is 4.31. The molecular formula is C30H30N4O2. The van der Waals surface area contributed by atoms with Crippen molar-refractivity contribution in [3.63, 3.8) is 0 Å². The van der Waals surface area contributed by atoms with Crippen molar-refractivity contribution in [3.8, 4) is 22.4 Å². The minimum atomic E-state index is -0.918. The monoisotopic (exact) mass is 478 g/mol. The Morgan fingerprint density at radius 2 is 1.72 bits per heavy atom. The van der Waals surface area contributed by atoms with Gasteiger partial charge in [0.25, 0.3) is 0 Å². The van der Waals surface area contributed by atoms with Crippen LogP contribution in [0.1, 0.15) is 46.5 Å². The van der Waals surface area contributed by atoms with E-state index in [0.717, 1.165) is 69.0 Å². The number of benzene rings is 3. The Morgan fingerprint density at radius 3 is 2.39 bits per heavy atom. The number of hydrogen-bond donors (Lipinski definition) is 1. The summed E-state index contributed by atoms with van der Waals surface area (Å²) in [6.45, 7) is 6.99. The molecule has 0 fully saturated rings. The van der Waals surface area contributed by atoms with Gasteiger partial charge >= 0.3 is 5.97 Å². The van der Waals surface area contributed by atoms with Crippen LogP contribution in [-0.2, 0) is 20.0 Å². The fraction of sp³-hybridized carbons (Fsp3) is 0.233. The molecule has 2 aromatic heterocycles. The SMILES string of the molecule is CCCc1nc2c(C)cc(-c3cn(C)c(C)n3)cc2n1Cc1ccc(-c2ccccc2C(=O)O)cc1. The first-order valence-corrected chi connectivity index (χ1v) is 12.3. The number of rotatable bonds is 7. The Balaban J connectivity index is 1.55. The number of hydrogen-bond acceptors (Lipinski definition) is 3. The van der Waals surface area contributed by atoms with Crippen molar-refractivity contribution in [3.05, 3.63) is 95.2 Å². The van der Waals surface area contributed by atoms with E-state index >= 15 is 0 Å². The molecule has 0 amide bonds. The van der Waals surface area contributed by atoms with Gasteiger partial charge in [-0.05, 0) is 60.7 Å². The Kier molecular flexibility index (Phi) is 6.18.